The van der Waals surface area contributed by atoms with Gasteiger partial charge in [-0.25, -0.2) is 4.39 Å². The molecule has 4 rings (SSSR count). The molecule has 166 valence electrons. The minimum absolute atomic E-state index is 0.00742. The summed E-state index contributed by atoms with van der Waals surface area (Å²) in [6, 6.07) is 13.2. The van der Waals surface area contributed by atoms with Gasteiger partial charge in [-0.2, -0.15) is 4.98 Å². The first-order chi connectivity index (χ1) is 15.6. The fourth-order valence-electron chi connectivity index (χ4n) is 3.67. The number of halogens is 1. The molecule has 8 heteroatoms. The summed E-state index contributed by atoms with van der Waals surface area (Å²) >= 11 is 0. The number of nitrogens with one attached hydrogen (secondary N) is 1. The molecule has 2 heterocycles. The Balaban J connectivity index is 1.31. The molecule has 1 fully saturated rings. The number of nitrogens with zero attached hydrogens (tertiary/aromatic N) is 3. The largest absolute Gasteiger partial charge is 0.490 e. The molecule has 2 aromatic carbocycles. The third-order valence-corrected chi connectivity index (χ3v) is 5.30. The maximum absolute atomic E-state index is 13.1. The van der Waals surface area contributed by atoms with Gasteiger partial charge in [0.05, 0.1) is 12.5 Å². The Labute approximate surface area is 185 Å². The zero-order valence-corrected chi connectivity index (χ0v) is 17.7. The SMILES string of the molecule is C=CCOc1ccc(NC(=O)C2CCCN(Cc3nc(-c4ccc(F)cc4)no3)C2)cc1. The lowest BCUT2D eigenvalue weighted by Gasteiger charge is -2.30. The maximum Gasteiger partial charge on any atom is 0.241 e. The molecular weight excluding hydrogens is 411 g/mol. The number of rotatable bonds is 8. The Morgan fingerprint density at radius 2 is 2.03 bits per heavy atom. The summed E-state index contributed by atoms with van der Waals surface area (Å²) in [6.07, 6.45) is 3.42. The Hall–Kier alpha value is -3.52. The maximum atomic E-state index is 13.1. The van der Waals surface area contributed by atoms with Gasteiger partial charge in [-0.15, -0.1) is 0 Å². The molecule has 1 N–H and O–H groups in total. The first-order valence-electron chi connectivity index (χ1n) is 10.6. The predicted octanol–water partition coefficient (Wildman–Crippen LogP) is 4.29. The van der Waals surface area contributed by atoms with Crippen molar-refractivity contribution < 1.29 is 18.4 Å². The molecule has 1 aliphatic rings. The Morgan fingerprint density at radius 3 is 2.78 bits per heavy atom. The van der Waals surface area contributed by atoms with Crippen molar-refractivity contribution in [1.29, 1.82) is 0 Å². The molecule has 1 saturated heterocycles. The number of likely N-dealkylation sites (tertiary alicyclic amines) is 1. The van der Waals surface area contributed by atoms with E-state index in [9.17, 15) is 9.18 Å². The Bertz CT molecular complexity index is 1050. The third kappa shape index (κ3) is 5.59. The van der Waals surface area contributed by atoms with Crippen molar-refractivity contribution in [1.82, 2.24) is 15.0 Å². The summed E-state index contributed by atoms with van der Waals surface area (Å²) < 4.78 is 23.9. The molecule has 1 atom stereocenters. The molecule has 0 bridgehead atoms. The summed E-state index contributed by atoms with van der Waals surface area (Å²) in [4.78, 5) is 19.3. The summed E-state index contributed by atoms with van der Waals surface area (Å²) in [6.45, 7) is 5.99. The van der Waals surface area contributed by atoms with Gasteiger partial charge >= 0.3 is 0 Å². The molecule has 7 nitrogen and oxygen atoms in total. The second kappa shape index (κ2) is 10.2. The number of aromatic nitrogens is 2. The van der Waals surface area contributed by atoms with Crippen molar-refractivity contribution in [3.63, 3.8) is 0 Å². The van der Waals surface area contributed by atoms with E-state index < -0.39 is 0 Å². The second-order valence-corrected chi connectivity index (χ2v) is 7.71. The van der Waals surface area contributed by atoms with Crippen molar-refractivity contribution >= 4 is 11.6 Å². The van der Waals surface area contributed by atoms with E-state index in [2.05, 4.69) is 26.9 Å². The van der Waals surface area contributed by atoms with E-state index in [1.54, 1.807) is 18.2 Å². The highest BCUT2D eigenvalue weighted by atomic mass is 19.1. The van der Waals surface area contributed by atoms with Crippen molar-refractivity contribution in [2.75, 3.05) is 25.0 Å². The third-order valence-electron chi connectivity index (χ3n) is 5.30. The number of amides is 1. The van der Waals surface area contributed by atoms with Gasteiger partial charge in [-0.1, -0.05) is 17.8 Å². The van der Waals surface area contributed by atoms with Gasteiger partial charge in [0.15, 0.2) is 0 Å². The van der Waals surface area contributed by atoms with E-state index in [4.69, 9.17) is 9.26 Å². The van der Waals surface area contributed by atoms with E-state index in [1.165, 1.54) is 12.1 Å². The van der Waals surface area contributed by atoms with Crippen LogP contribution in [0.3, 0.4) is 0 Å². The summed E-state index contributed by atoms with van der Waals surface area (Å²) in [5, 5.41) is 6.97. The molecular formula is C24H25FN4O3. The quantitative estimate of drug-likeness (QED) is 0.531. The molecule has 0 radical (unpaired) electrons. The number of ether oxygens (including phenoxy) is 1. The number of hydrogen-bond acceptors (Lipinski definition) is 6. The highest BCUT2D eigenvalue weighted by Crippen LogP contribution is 2.22. The van der Waals surface area contributed by atoms with Crippen LogP contribution in [0.2, 0.25) is 0 Å². The lowest BCUT2D eigenvalue weighted by molar-refractivity contribution is -0.121. The van der Waals surface area contributed by atoms with Crippen LogP contribution in [0.25, 0.3) is 11.4 Å². The number of hydrogen-bond donors (Lipinski definition) is 1. The van der Waals surface area contributed by atoms with Gasteiger partial charge in [0.25, 0.3) is 0 Å². The first kappa shape index (κ1) is 21.7. The topological polar surface area (TPSA) is 80.5 Å². The molecule has 3 aromatic rings. The van der Waals surface area contributed by atoms with Gasteiger partial charge in [0.2, 0.25) is 17.6 Å². The van der Waals surface area contributed by atoms with Gasteiger partial charge in [-0.3, -0.25) is 9.69 Å². The van der Waals surface area contributed by atoms with Crippen LogP contribution >= 0.6 is 0 Å². The van der Waals surface area contributed by atoms with Gasteiger partial charge < -0.3 is 14.6 Å². The molecule has 0 saturated carbocycles. The monoisotopic (exact) mass is 436 g/mol. The molecule has 32 heavy (non-hydrogen) atoms. The van der Waals surface area contributed by atoms with Crippen molar-refractivity contribution in [2.45, 2.75) is 19.4 Å². The summed E-state index contributed by atoms with van der Waals surface area (Å²) in [5.74, 6) is 1.18. The normalized spacial score (nSPS) is 16.5. The molecule has 0 spiro atoms. The number of carbonyl (C=O) groups is 1. The van der Waals surface area contributed by atoms with Crippen LogP contribution in [-0.4, -0.2) is 40.6 Å². The minimum atomic E-state index is -0.313. The fraction of sp³-hybridized carbons (Fsp3) is 0.292. The minimum Gasteiger partial charge on any atom is -0.490 e. The highest BCUT2D eigenvalue weighted by Gasteiger charge is 2.27. The number of benzene rings is 2. The van der Waals surface area contributed by atoms with Crippen LogP contribution in [0, 0.1) is 11.7 Å². The van der Waals surface area contributed by atoms with Crippen molar-refractivity contribution in [2.24, 2.45) is 5.92 Å². The van der Waals surface area contributed by atoms with Crippen LogP contribution < -0.4 is 10.1 Å². The molecule has 1 aliphatic heterocycles. The molecule has 1 aromatic heterocycles. The zero-order valence-electron chi connectivity index (χ0n) is 17.7. The van der Waals surface area contributed by atoms with Crippen molar-refractivity contribution in [3.05, 3.63) is 72.9 Å². The standard InChI is InChI=1S/C24H25FN4O3/c1-2-14-31-21-11-9-20(10-12-21)26-24(30)18-4-3-13-29(15-18)16-22-27-23(28-32-22)17-5-7-19(25)8-6-17/h2,5-12,18H,1,3-4,13-16H2,(H,26,30). The van der Waals surface area contributed by atoms with Crippen LogP contribution in [0.1, 0.15) is 18.7 Å². The van der Waals surface area contributed by atoms with E-state index in [0.717, 1.165) is 30.8 Å². The van der Waals surface area contributed by atoms with Crippen molar-refractivity contribution in [3.8, 4) is 17.1 Å². The number of anilines is 1. The van der Waals surface area contributed by atoms with E-state index >= 15 is 0 Å². The summed E-state index contributed by atoms with van der Waals surface area (Å²) in [7, 11) is 0. The number of piperidine rings is 1. The first-order valence-corrected chi connectivity index (χ1v) is 10.6. The lowest BCUT2D eigenvalue weighted by Crippen LogP contribution is -2.40. The van der Waals surface area contributed by atoms with Gasteiger partial charge in [0, 0.05) is 17.8 Å². The zero-order chi connectivity index (χ0) is 22.3. The average molecular weight is 436 g/mol. The smallest absolute Gasteiger partial charge is 0.241 e. The predicted molar refractivity (Wildman–Crippen MR) is 118 cm³/mol. The Morgan fingerprint density at radius 1 is 1.25 bits per heavy atom. The van der Waals surface area contributed by atoms with Crippen LogP contribution in [-0.2, 0) is 11.3 Å². The Kier molecular flexibility index (Phi) is 6.91. The molecule has 1 amide bonds. The molecule has 0 aliphatic carbocycles. The van der Waals surface area contributed by atoms with Crippen LogP contribution in [0.15, 0.2) is 65.7 Å². The number of carbonyl (C=O) groups excluding carboxylic acids is 1. The second-order valence-electron chi connectivity index (χ2n) is 7.71. The van der Waals surface area contributed by atoms with E-state index in [0.29, 0.717) is 37.0 Å². The van der Waals surface area contributed by atoms with E-state index in [1.807, 2.05) is 24.3 Å². The van der Waals surface area contributed by atoms with Gasteiger partial charge in [-0.05, 0) is 67.9 Å². The van der Waals surface area contributed by atoms with Crippen LogP contribution in [0.4, 0.5) is 10.1 Å². The highest BCUT2D eigenvalue weighted by molar-refractivity contribution is 5.92. The average Bonchev–Trinajstić information content (AvgIpc) is 3.27. The van der Waals surface area contributed by atoms with Crippen LogP contribution in [0.5, 0.6) is 5.75 Å². The van der Waals surface area contributed by atoms with Gasteiger partial charge in [0.1, 0.15) is 18.2 Å². The fourth-order valence-corrected chi connectivity index (χ4v) is 3.67. The van der Waals surface area contributed by atoms with E-state index in [-0.39, 0.29) is 17.6 Å². The molecule has 1 unspecified atom stereocenters. The summed E-state index contributed by atoms with van der Waals surface area (Å²) in [5.41, 5.74) is 1.43. The lowest BCUT2D eigenvalue weighted by atomic mass is 9.97.